The molecule has 10 heteroatoms. The van der Waals surface area contributed by atoms with Crippen molar-refractivity contribution in [1.82, 2.24) is 0 Å². The van der Waals surface area contributed by atoms with Gasteiger partial charge in [-0.05, 0) is 79.4 Å². The van der Waals surface area contributed by atoms with Crippen LogP contribution in [0.2, 0.25) is 5.02 Å². The number of non-ortho nitro benzene ring substituents is 1. The molecule has 0 unspecified atom stereocenters. The Morgan fingerprint density at radius 3 is 2.48 bits per heavy atom. The number of benzene rings is 3. The number of rotatable bonds is 7. The molecule has 0 aliphatic heterocycles. The van der Waals surface area contributed by atoms with Gasteiger partial charge >= 0.3 is 0 Å². The third kappa shape index (κ3) is 6.65. The number of hydrogen-bond acceptors (Lipinski definition) is 5. The molecule has 0 heterocycles. The molecule has 3 aromatic carbocycles. The zero-order chi connectivity index (χ0) is 24.0. The number of carbonyl (C=O) groups excluding carboxylic acids is 1. The van der Waals surface area contributed by atoms with Crippen LogP contribution in [0.5, 0.6) is 5.75 Å². The number of hydrogen-bond donors (Lipinski definition) is 1. The maximum Gasteiger partial charge on any atom is 0.269 e. The molecule has 1 amide bonds. The predicted octanol–water partition coefficient (Wildman–Crippen LogP) is 6.90. The number of halogens is 3. The van der Waals surface area contributed by atoms with E-state index in [4.69, 9.17) is 16.3 Å². The number of nitrogens with zero attached hydrogens (tertiary/aromatic N) is 2. The van der Waals surface area contributed by atoms with Gasteiger partial charge in [0.15, 0.2) is 0 Å². The summed E-state index contributed by atoms with van der Waals surface area (Å²) < 4.78 is 6.96. The van der Waals surface area contributed by atoms with Crippen LogP contribution in [-0.4, -0.2) is 10.8 Å². The summed E-state index contributed by atoms with van der Waals surface area (Å²) in [5, 5.41) is 23.5. The molecule has 0 aliphatic carbocycles. The summed E-state index contributed by atoms with van der Waals surface area (Å²) in [6, 6.07) is 18.1. The van der Waals surface area contributed by atoms with Crippen molar-refractivity contribution in [2.45, 2.75) is 6.61 Å². The molecule has 0 bridgehead atoms. The lowest BCUT2D eigenvalue weighted by Gasteiger charge is -2.12. The van der Waals surface area contributed by atoms with Gasteiger partial charge in [0.2, 0.25) is 0 Å². The van der Waals surface area contributed by atoms with Gasteiger partial charge in [0.05, 0.1) is 13.9 Å². The Morgan fingerprint density at radius 2 is 1.85 bits per heavy atom. The molecular weight excluding hydrogens is 578 g/mol. The zero-order valence-electron chi connectivity index (χ0n) is 16.7. The minimum absolute atomic E-state index is 0.0187. The van der Waals surface area contributed by atoms with Crippen molar-refractivity contribution in [2.75, 3.05) is 5.32 Å². The normalized spacial score (nSPS) is 10.9. The van der Waals surface area contributed by atoms with Crippen molar-refractivity contribution in [3.05, 3.63) is 101 Å². The molecule has 0 radical (unpaired) electrons. The van der Waals surface area contributed by atoms with Crippen molar-refractivity contribution in [3.8, 4) is 11.8 Å². The van der Waals surface area contributed by atoms with Crippen molar-refractivity contribution in [2.24, 2.45) is 0 Å². The molecule has 0 fully saturated rings. The fraction of sp³-hybridized carbons (Fsp3) is 0.0435. The van der Waals surface area contributed by atoms with Crippen molar-refractivity contribution < 1.29 is 14.5 Å². The highest BCUT2D eigenvalue weighted by Gasteiger charge is 2.14. The van der Waals surface area contributed by atoms with E-state index in [-0.39, 0.29) is 17.9 Å². The molecule has 3 aromatic rings. The van der Waals surface area contributed by atoms with Crippen LogP contribution in [0.1, 0.15) is 11.1 Å². The highest BCUT2D eigenvalue weighted by Crippen LogP contribution is 2.36. The fourth-order valence-corrected chi connectivity index (χ4v) is 4.44. The van der Waals surface area contributed by atoms with Gasteiger partial charge in [0, 0.05) is 22.8 Å². The average Bonchev–Trinajstić information content (AvgIpc) is 2.77. The summed E-state index contributed by atoms with van der Waals surface area (Å²) in [6.07, 6.45) is 1.44. The quantitative estimate of drug-likeness (QED) is 0.139. The van der Waals surface area contributed by atoms with Gasteiger partial charge in [0.25, 0.3) is 11.6 Å². The van der Waals surface area contributed by atoms with Crippen LogP contribution in [-0.2, 0) is 11.4 Å². The van der Waals surface area contributed by atoms with Gasteiger partial charge < -0.3 is 10.1 Å². The Balaban J connectivity index is 1.77. The largest absolute Gasteiger partial charge is 0.487 e. The molecule has 3 rings (SSSR count). The molecule has 0 aromatic heterocycles. The van der Waals surface area contributed by atoms with Crippen molar-refractivity contribution in [3.63, 3.8) is 0 Å². The third-order valence-electron chi connectivity index (χ3n) is 4.28. The number of anilines is 1. The highest BCUT2D eigenvalue weighted by molar-refractivity contribution is 9.11. The fourth-order valence-electron chi connectivity index (χ4n) is 2.80. The summed E-state index contributed by atoms with van der Waals surface area (Å²) in [6.45, 7) is 0.111. The minimum Gasteiger partial charge on any atom is -0.487 e. The van der Waals surface area contributed by atoms with E-state index < -0.39 is 10.8 Å². The van der Waals surface area contributed by atoms with Gasteiger partial charge in [-0.25, -0.2) is 0 Å². The smallest absolute Gasteiger partial charge is 0.269 e. The number of nitriles is 1. The lowest BCUT2D eigenvalue weighted by molar-refractivity contribution is -0.384. The van der Waals surface area contributed by atoms with Crippen LogP contribution in [0, 0.1) is 21.4 Å². The molecule has 0 spiro atoms. The molecule has 0 saturated heterocycles. The number of nitro benzene ring substituents is 1. The molecular formula is C23H14Br2ClN3O4. The van der Waals surface area contributed by atoms with Gasteiger partial charge in [-0.2, -0.15) is 5.26 Å². The lowest BCUT2D eigenvalue weighted by atomic mass is 10.1. The van der Waals surface area contributed by atoms with Gasteiger partial charge in [-0.3, -0.25) is 14.9 Å². The predicted molar refractivity (Wildman–Crippen MR) is 133 cm³/mol. The lowest BCUT2D eigenvalue weighted by Crippen LogP contribution is -2.13. The topological polar surface area (TPSA) is 105 Å². The van der Waals surface area contributed by atoms with Crippen LogP contribution >= 0.6 is 43.5 Å². The van der Waals surface area contributed by atoms with Crippen LogP contribution in [0.4, 0.5) is 11.4 Å². The van der Waals surface area contributed by atoms with Crippen LogP contribution in [0.3, 0.4) is 0 Å². The number of ether oxygens (including phenoxy) is 1. The Morgan fingerprint density at radius 1 is 1.15 bits per heavy atom. The van der Waals surface area contributed by atoms with Gasteiger partial charge in [0.1, 0.15) is 24.0 Å². The summed E-state index contributed by atoms with van der Waals surface area (Å²) in [7, 11) is 0. The summed E-state index contributed by atoms with van der Waals surface area (Å²) in [4.78, 5) is 23.0. The monoisotopic (exact) mass is 589 g/mol. The molecule has 0 saturated carbocycles. The van der Waals surface area contributed by atoms with Crippen LogP contribution < -0.4 is 10.1 Å². The first kappa shape index (κ1) is 24.5. The van der Waals surface area contributed by atoms with E-state index in [0.717, 1.165) is 0 Å². The minimum atomic E-state index is -0.571. The van der Waals surface area contributed by atoms with E-state index >= 15 is 0 Å². The second kappa shape index (κ2) is 11.1. The van der Waals surface area contributed by atoms with E-state index in [1.807, 2.05) is 6.07 Å². The van der Waals surface area contributed by atoms with E-state index in [1.54, 1.807) is 48.5 Å². The SMILES string of the molecule is N#C/C(=C\c1cc(Br)c(OCc2cccc([N+](=O)[O-])c2)c(Br)c1)C(=O)Nc1cccc(Cl)c1. The molecule has 166 valence electrons. The Kier molecular flexibility index (Phi) is 8.22. The van der Waals surface area contributed by atoms with Crippen molar-refractivity contribution >= 4 is 66.8 Å². The first-order chi connectivity index (χ1) is 15.8. The summed E-state index contributed by atoms with van der Waals surface area (Å²) in [5.74, 6) is -0.0986. The second-order valence-corrected chi connectivity index (χ2v) is 8.81. The maximum atomic E-state index is 12.5. The van der Waals surface area contributed by atoms with E-state index in [1.165, 1.54) is 18.2 Å². The average molecular weight is 592 g/mol. The molecule has 0 aliphatic rings. The number of amides is 1. The van der Waals surface area contributed by atoms with Crippen LogP contribution in [0.25, 0.3) is 6.08 Å². The molecule has 33 heavy (non-hydrogen) atoms. The summed E-state index contributed by atoms with van der Waals surface area (Å²) >= 11 is 12.8. The number of nitrogens with one attached hydrogen (secondary N) is 1. The molecule has 0 atom stereocenters. The molecule has 1 N–H and O–H groups in total. The maximum absolute atomic E-state index is 12.5. The van der Waals surface area contributed by atoms with E-state index in [9.17, 15) is 20.2 Å². The Labute approximate surface area is 211 Å². The Bertz CT molecular complexity index is 1280. The first-order valence-corrected chi connectivity index (χ1v) is 11.3. The standard InChI is InChI=1S/C23H14Br2ClN3O4/c24-20-9-15(7-16(12-27)23(30)28-18-5-2-4-17(26)11-18)10-21(25)22(20)33-13-14-3-1-6-19(8-14)29(31)32/h1-11H,13H2,(H,28,30)/b16-7+. The Hall–Kier alpha value is -3.19. The van der Waals surface area contributed by atoms with Gasteiger partial charge in [-0.15, -0.1) is 0 Å². The number of carbonyl (C=O) groups is 1. The summed E-state index contributed by atoms with van der Waals surface area (Å²) in [5.41, 5.74) is 1.57. The van der Waals surface area contributed by atoms with Gasteiger partial charge in [-0.1, -0.05) is 29.8 Å². The number of nitro groups is 1. The first-order valence-electron chi connectivity index (χ1n) is 9.30. The van der Waals surface area contributed by atoms with Crippen LogP contribution in [0.15, 0.2) is 75.2 Å². The zero-order valence-corrected chi connectivity index (χ0v) is 20.6. The second-order valence-electron chi connectivity index (χ2n) is 6.66. The third-order valence-corrected chi connectivity index (χ3v) is 5.70. The van der Waals surface area contributed by atoms with Crippen molar-refractivity contribution in [1.29, 1.82) is 5.26 Å². The van der Waals surface area contributed by atoms with E-state index in [0.29, 0.717) is 36.5 Å². The highest BCUT2D eigenvalue weighted by atomic mass is 79.9. The van der Waals surface area contributed by atoms with E-state index in [2.05, 4.69) is 37.2 Å². The molecule has 7 nitrogen and oxygen atoms in total.